The zero-order valence-electron chi connectivity index (χ0n) is 8.48. The third-order valence-electron chi connectivity index (χ3n) is 2.62. The van der Waals surface area contributed by atoms with E-state index in [1.807, 2.05) is 0 Å². The predicted molar refractivity (Wildman–Crippen MR) is 62.4 cm³/mol. The van der Waals surface area contributed by atoms with Gasteiger partial charge in [0.2, 0.25) is 5.91 Å². The molecule has 0 spiro atoms. The minimum atomic E-state index is -0.0918. The first-order valence-corrected chi connectivity index (χ1v) is 5.25. The lowest BCUT2D eigenvalue weighted by molar-refractivity contribution is -0.117. The van der Waals surface area contributed by atoms with Crippen molar-refractivity contribution in [2.45, 2.75) is 6.42 Å². The van der Waals surface area contributed by atoms with Crippen LogP contribution in [-0.2, 0) is 4.79 Å². The van der Waals surface area contributed by atoms with Gasteiger partial charge < -0.3 is 10.0 Å². The van der Waals surface area contributed by atoms with Crippen LogP contribution < -0.4 is 4.90 Å². The molecule has 1 aliphatic rings. The fourth-order valence-corrected chi connectivity index (χ4v) is 1.94. The number of halogens is 1. The molecule has 0 aliphatic carbocycles. The summed E-state index contributed by atoms with van der Waals surface area (Å²) in [6.07, 6.45) is 5.61. The van der Waals surface area contributed by atoms with Crippen molar-refractivity contribution in [2.75, 3.05) is 11.4 Å². The summed E-state index contributed by atoms with van der Waals surface area (Å²) >= 11 is 5.78. The van der Waals surface area contributed by atoms with Crippen molar-refractivity contribution in [3.05, 3.63) is 23.2 Å². The number of nitrogens with zero attached hydrogens (tertiary/aromatic N) is 1. The lowest BCUT2D eigenvalue weighted by atomic mass is 10.1. The molecule has 82 valence electrons. The van der Waals surface area contributed by atoms with Gasteiger partial charge in [-0.15, -0.1) is 12.3 Å². The largest absolute Gasteiger partial charge is 0.504 e. The molecule has 4 heteroatoms. The average Bonchev–Trinajstić information content (AvgIpc) is 2.64. The van der Waals surface area contributed by atoms with Gasteiger partial charge in [-0.1, -0.05) is 17.7 Å². The number of hydrogen-bond acceptors (Lipinski definition) is 2. The highest BCUT2D eigenvalue weighted by Crippen LogP contribution is 2.36. The molecule has 0 aromatic heterocycles. The maximum absolute atomic E-state index is 11.7. The lowest BCUT2D eigenvalue weighted by Gasteiger charge is -2.17. The van der Waals surface area contributed by atoms with Crippen LogP contribution >= 0.6 is 11.6 Å². The molecule has 1 N–H and O–H groups in total. The van der Waals surface area contributed by atoms with E-state index in [9.17, 15) is 9.90 Å². The normalized spacial score (nSPS) is 19.9. The summed E-state index contributed by atoms with van der Waals surface area (Å²) < 4.78 is 0. The zero-order valence-corrected chi connectivity index (χ0v) is 9.24. The Bertz CT molecular complexity index is 478. The maximum Gasteiger partial charge on any atom is 0.228 e. The summed E-state index contributed by atoms with van der Waals surface area (Å²) in [6.45, 7) is 0.434. The van der Waals surface area contributed by atoms with Gasteiger partial charge in [-0.2, -0.15) is 0 Å². The molecule has 1 amide bonds. The number of terminal acetylenes is 1. The van der Waals surface area contributed by atoms with Gasteiger partial charge in [0.25, 0.3) is 0 Å². The Morgan fingerprint density at radius 1 is 1.56 bits per heavy atom. The second-order valence-corrected chi connectivity index (χ2v) is 4.09. The van der Waals surface area contributed by atoms with E-state index in [1.165, 1.54) is 4.90 Å². The molecular formula is C12H10ClNO2. The van der Waals surface area contributed by atoms with Crippen LogP contribution in [0.1, 0.15) is 6.42 Å². The number of anilines is 1. The third-order valence-corrected chi connectivity index (χ3v) is 2.92. The fourth-order valence-electron chi connectivity index (χ4n) is 1.77. The second-order valence-electron chi connectivity index (χ2n) is 3.68. The molecule has 1 aliphatic heterocycles. The van der Waals surface area contributed by atoms with Crippen LogP contribution in [0.3, 0.4) is 0 Å². The van der Waals surface area contributed by atoms with Gasteiger partial charge >= 0.3 is 0 Å². The minimum Gasteiger partial charge on any atom is -0.504 e. The summed E-state index contributed by atoms with van der Waals surface area (Å²) in [6, 6.07) is 4.91. The predicted octanol–water partition coefficient (Wildman–Crippen LogP) is 2.03. The van der Waals surface area contributed by atoms with Gasteiger partial charge in [0.1, 0.15) is 0 Å². The van der Waals surface area contributed by atoms with Crippen molar-refractivity contribution in [2.24, 2.45) is 5.92 Å². The summed E-state index contributed by atoms with van der Waals surface area (Å²) in [5.41, 5.74) is 0.426. The number of benzene rings is 1. The summed E-state index contributed by atoms with van der Waals surface area (Å²) in [5, 5.41) is 9.99. The van der Waals surface area contributed by atoms with E-state index < -0.39 is 0 Å². The van der Waals surface area contributed by atoms with Gasteiger partial charge in [-0.05, 0) is 12.1 Å². The van der Waals surface area contributed by atoms with Crippen LogP contribution in [0.4, 0.5) is 5.69 Å². The van der Waals surface area contributed by atoms with E-state index in [4.69, 9.17) is 18.0 Å². The van der Waals surface area contributed by atoms with Crippen LogP contribution in [-0.4, -0.2) is 17.6 Å². The Balaban J connectivity index is 2.36. The highest BCUT2D eigenvalue weighted by atomic mass is 35.5. The SMILES string of the molecule is C#CC1CC(=O)N(c2cccc(Cl)c2O)C1. The molecule has 1 unspecified atom stereocenters. The number of rotatable bonds is 1. The molecule has 1 fully saturated rings. The number of hydrogen-bond donors (Lipinski definition) is 1. The molecule has 1 aromatic rings. The van der Waals surface area contributed by atoms with Crippen LogP contribution in [0.15, 0.2) is 18.2 Å². The Morgan fingerprint density at radius 3 is 2.94 bits per heavy atom. The number of para-hydroxylation sites is 1. The number of aromatic hydroxyl groups is 1. The molecule has 16 heavy (non-hydrogen) atoms. The number of phenolic OH excluding ortho intramolecular Hbond substituents is 1. The Hall–Kier alpha value is -1.66. The van der Waals surface area contributed by atoms with Crippen molar-refractivity contribution in [1.82, 2.24) is 0 Å². The second kappa shape index (κ2) is 4.07. The standard InChI is InChI=1S/C12H10ClNO2/c1-2-8-6-11(15)14(7-8)10-5-3-4-9(13)12(10)16/h1,3-5,8,16H,6-7H2. The number of carbonyl (C=O) groups excluding carboxylic acids is 1. The first kappa shape index (κ1) is 10.8. The van der Waals surface area contributed by atoms with E-state index in [0.717, 1.165) is 0 Å². The molecule has 0 radical (unpaired) electrons. The monoisotopic (exact) mass is 235 g/mol. The molecule has 3 nitrogen and oxygen atoms in total. The van der Waals surface area contributed by atoms with Crippen molar-refractivity contribution >= 4 is 23.2 Å². The van der Waals surface area contributed by atoms with E-state index in [2.05, 4.69) is 5.92 Å². The van der Waals surface area contributed by atoms with E-state index in [0.29, 0.717) is 18.7 Å². The van der Waals surface area contributed by atoms with Gasteiger partial charge in [0.15, 0.2) is 5.75 Å². The topological polar surface area (TPSA) is 40.5 Å². The molecule has 1 heterocycles. The first-order chi connectivity index (χ1) is 7.63. The maximum atomic E-state index is 11.7. The van der Waals surface area contributed by atoms with Gasteiger partial charge in [0.05, 0.1) is 10.7 Å². The quantitative estimate of drug-likeness (QED) is 0.757. The van der Waals surface area contributed by atoms with Crippen molar-refractivity contribution in [3.8, 4) is 18.1 Å². The van der Waals surface area contributed by atoms with Crippen molar-refractivity contribution in [1.29, 1.82) is 0 Å². The highest BCUT2D eigenvalue weighted by molar-refractivity contribution is 6.32. The van der Waals surface area contributed by atoms with E-state index in [-0.39, 0.29) is 22.6 Å². The smallest absolute Gasteiger partial charge is 0.228 e. The Labute approximate surface area is 98.6 Å². The molecule has 1 atom stereocenters. The van der Waals surface area contributed by atoms with Crippen LogP contribution in [0.25, 0.3) is 0 Å². The van der Waals surface area contributed by atoms with E-state index >= 15 is 0 Å². The van der Waals surface area contributed by atoms with Crippen LogP contribution in [0.2, 0.25) is 5.02 Å². The highest BCUT2D eigenvalue weighted by Gasteiger charge is 2.31. The van der Waals surface area contributed by atoms with Gasteiger partial charge in [0, 0.05) is 18.9 Å². The summed E-state index contributed by atoms with van der Waals surface area (Å²) in [5.74, 6) is 2.30. The molecule has 1 saturated heterocycles. The van der Waals surface area contributed by atoms with Crippen molar-refractivity contribution < 1.29 is 9.90 Å². The Kier molecular flexibility index (Phi) is 2.76. The number of carbonyl (C=O) groups is 1. The number of amides is 1. The fraction of sp³-hybridized carbons (Fsp3) is 0.250. The summed E-state index contributed by atoms with van der Waals surface area (Å²) in [4.78, 5) is 13.2. The Morgan fingerprint density at radius 2 is 2.31 bits per heavy atom. The van der Waals surface area contributed by atoms with Gasteiger partial charge in [-0.25, -0.2) is 0 Å². The molecule has 0 saturated carbocycles. The van der Waals surface area contributed by atoms with Gasteiger partial charge in [-0.3, -0.25) is 4.79 Å². The number of phenols is 1. The lowest BCUT2D eigenvalue weighted by Crippen LogP contribution is -2.24. The minimum absolute atomic E-state index is 0.0739. The molecule has 0 bridgehead atoms. The molecule has 2 rings (SSSR count). The van der Waals surface area contributed by atoms with Crippen LogP contribution in [0, 0.1) is 18.3 Å². The first-order valence-electron chi connectivity index (χ1n) is 4.87. The third kappa shape index (κ3) is 1.72. The van der Waals surface area contributed by atoms with Crippen LogP contribution in [0.5, 0.6) is 5.75 Å². The van der Waals surface area contributed by atoms with E-state index in [1.54, 1.807) is 18.2 Å². The van der Waals surface area contributed by atoms with Crippen molar-refractivity contribution in [3.63, 3.8) is 0 Å². The molecular weight excluding hydrogens is 226 g/mol. The average molecular weight is 236 g/mol. The summed E-state index contributed by atoms with van der Waals surface area (Å²) in [7, 11) is 0. The zero-order chi connectivity index (χ0) is 11.7. The molecule has 1 aromatic carbocycles.